The molecule has 2 aromatic rings. The van der Waals surface area contributed by atoms with E-state index < -0.39 is 0 Å². The summed E-state index contributed by atoms with van der Waals surface area (Å²) in [7, 11) is 0. The second kappa shape index (κ2) is 3.89. The van der Waals surface area contributed by atoms with E-state index in [0.29, 0.717) is 18.1 Å². The van der Waals surface area contributed by atoms with Crippen LogP contribution in [0.5, 0.6) is 0 Å². The zero-order valence-corrected chi connectivity index (χ0v) is 10.5. The maximum absolute atomic E-state index is 6.13. The van der Waals surface area contributed by atoms with Gasteiger partial charge in [-0.05, 0) is 26.2 Å². The second-order valence-electron chi connectivity index (χ2n) is 4.58. The highest BCUT2D eigenvalue weighted by Crippen LogP contribution is 2.37. The lowest BCUT2D eigenvalue weighted by Gasteiger charge is -2.33. The zero-order chi connectivity index (χ0) is 11.9. The predicted molar refractivity (Wildman–Crippen MR) is 63.7 cm³/mol. The van der Waals surface area contributed by atoms with Gasteiger partial charge >= 0.3 is 0 Å². The van der Waals surface area contributed by atoms with Gasteiger partial charge in [-0.2, -0.15) is 4.98 Å². The van der Waals surface area contributed by atoms with E-state index in [1.54, 1.807) is 11.3 Å². The molecule has 0 aromatic carbocycles. The van der Waals surface area contributed by atoms with Crippen LogP contribution in [-0.4, -0.2) is 15.1 Å². The molecule has 6 heteroatoms. The fourth-order valence-corrected chi connectivity index (χ4v) is 2.69. The molecule has 3 rings (SSSR count). The van der Waals surface area contributed by atoms with Crippen molar-refractivity contribution in [2.24, 2.45) is 5.73 Å². The quantitative estimate of drug-likeness (QED) is 0.898. The first-order valence-corrected chi connectivity index (χ1v) is 6.57. The molecule has 17 heavy (non-hydrogen) atoms. The Balaban J connectivity index is 1.76. The summed E-state index contributed by atoms with van der Waals surface area (Å²) in [6.45, 7) is 1.98. The molecule has 90 valence electrons. The third-order valence-corrected chi connectivity index (χ3v) is 4.08. The van der Waals surface area contributed by atoms with E-state index in [-0.39, 0.29) is 5.54 Å². The third kappa shape index (κ3) is 1.98. The number of hydrogen-bond acceptors (Lipinski definition) is 6. The number of aryl methyl sites for hydroxylation is 1. The van der Waals surface area contributed by atoms with Crippen LogP contribution in [0, 0.1) is 6.92 Å². The van der Waals surface area contributed by atoms with Crippen molar-refractivity contribution in [2.45, 2.75) is 38.1 Å². The maximum Gasteiger partial charge on any atom is 0.246 e. The van der Waals surface area contributed by atoms with E-state index in [1.807, 2.05) is 12.3 Å². The molecule has 0 atom stereocenters. The summed E-state index contributed by atoms with van der Waals surface area (Å²) in [6.07, 6.45) is 3.63. The molecule has 1 aliphatic rings. The smallest absolute Gasteiger partial charge is 0.246 e. The van der Waals surface area contributed by atoms with E-state index in [9.17, 15) is 0 Å². The third-order valence-electron chi connectivity index (χ3n) is 3.12. The fourth-order valence-electron chi connectivity index (χ4n) is 1.92. The van der Waals surface area contributed by atoms with Crippen LogP contribution in [0.25, 0.3) is 0 Å². The van der Waals surface area contributed by atoms with Crippen molar-refractivity contribution in [3.05, 3.63) is 27.8 Å². The zero-order valence-electron chi connectivity index (χ0n) is 9.64. The molecule has 0 unspecified atom stereocenters. The SMILES string of the molecule is Cc1csc(Cc2noc(C3(N)CCC3)n2)n1. The monoisotopic (exact) mass is 250 g/mol. The molecule has 0 amide bonds. The van der Waals surface area contributed by atoms with Crippen LogP contribution >= 0.6 is 11.3 Å². The highest BCUT2D eigenvalue weighted by Gasteiger charge is 2.39. The topological polar surface area (TPSA) is 77.8 Å². The first-order valence-electron chi connectivity index (χ1n) is 5.69. The van der Waals surface area contributed by atoms with Crippen LogP contribution < -0.4 is 5.73 Å². The predicted octanol–water partition coefficient (Wildman–Crippen LogP) is 1.76. The number of nitrogens with two attached hydrogens (primary N) is 1. The molecule has 0 saturated heterocycles. The highest BCUT2D eigenvalue weighted by molar-refractivity contribution is 7.09. The number of rotatable bonds is 3. The summed E-state index contributed by atoms with van der Waals surface area (Å²) >= 11 is 1.62. The first-order chi connectivity index (χ1) is 8.16. The lowest BCUT2D eigenvalue weighted by molar-refractivity contribution is 0.181. The summed E-state index contributed by atoms with van der Waals surface area (Å²) in [5, 5.41) is 7.00. The maximum atomic E-state index is 6.13. The van der Waals surface area contributed by atoms with Crippen LogP contribution in [0.2, 0.25) is 0 Å². The van der Waals surface area contributed by atoms with Gasteiger partial charge in [-0.1, -0.05) is 5.16 Å². The highest BCUT2D eigenvalue weighted by atomic mass is 32.1. The van der Waals surface area contributed by atoms with E-state index in [2.05, 4.69) is 15.1 Å². The minimum atomic E-state index is -0.371. The Bertz CT molecular complexity index is 529. The minimum Gasteiger partial charge on any atom is -0.337 e. The van der Waals surface area contributed by atoms with Crippen LogP contribution in [0.15, 0.2) is 9.90 Å². The fraction of sp³-hybridized carbons (Fsp3) is 0.545. The molecule has 0 radical (unpaired) electrons. The molecule has 1 saturated carbocycles. The van der Waals surface area contributed by atoms with Crippen molar-refractivity contribution >= 4 is 11.3 Å². The molecule has 2 heterocycles. The Hall–Kier alpha value is -1.27. The summed E-state index contributed by atoms with van der Waals surface area (Å²) < 4.78 is 5.24. The van der Waals surface area contributed by atoms with Crippen LogP contribution in [-0.2, 0) is 12.0 Å². The summed E-state index contributed by atoms with van der Waals surface area (Å²) in [4.78, 5) is 8.75. The summed E-state index contributed by atoms with van der Waals surface area (Å²) in [5.41, 5.74) is 6.79. The Morgan fingerprint density at radius 3 is 2.88 bits per heavy atom. The lowest BCUT2D eigenvalue weighted by atomic mass is 9.78. The molecule has 1 aliphatic carbocycles. The average molecular weight is 250 g/mol. The molecular formula is C11H14N4OS. The van der Waals surface area contributed by atoms with Crippen molar-refractivity contribution in [2.75, 3.05) is 0 Å². The largest absolute Gasteiger partial charge is 0.337 e. The van der Waals surface area contributed by atoms with Gasteiger partial charge in [0.15, 0.2) is 5.82 Å². The van der Waals surface area contributed by atoms with Gasteiger partial charge in [0.25, 0.3) is 0 Å². The Morgan fingerprint density at radius 1 is 1.47 bits per heavy atom. The van der Waals surface area contributed by atoms with Crippen LogP contribution in [0.4, 0.5) is 0 Å². The first kappa shape index (κ1) is 10.9. The van der Waals surface area contributed by atoms with Crippen molar-refractivity contribution in [1.82, 2.24) is 15.1 Å². The van der Waals surface area contributed by atoms with Gasteiger partial charge in [-0.15, -0.1) is 11.3 Å². The number of aromatic nitrogens is 3. The molecule has 2 N–H and O–H groups in total. The number of thiazole rings is 1. The molecule has 0 aliphatic heterocycles. The summed E-state index contributed by atoms with van der Waals surface area (Å²) in [5.74, 6) is 1.25. The van der Waals surface area contributed by atoms with Gasteiger partial charge in [0.05, 0.1) is 12.0 Å². The Labute approximate surface area is 103 Å². The van der Waals surface area contributed by atoms with Gasteiger partial charge in [-0.3, -0.25) is 0 Å². The standard InChI is InChI=1S/C11H14N4OS/c1-7-6-17-9(13-7)5-8-14-10(16-15-8)11(12)3-2-4-11/h6H,2-5,12H2,1H3. The second-order valence-corrected chi connectivity index (χ2v) is 5.53. The normalized spacial score (nSPS) is 18.0. The van der Waals surface area contributed by atoms with E-state index in [0.717, 1.165) is 30.0 Å². The van der Waals surface area contributed by atoms with Gasteiger partial charge in [0.2, 0.25) is 5.89 Å². The molecular weight excluding hydrogens is 236 g/mol. The van der Waals surface area contributed by atoms with Crippen molar-refractivity contribution in [3.63, 3.8) is 0 Å². The van der Waals surface area contributed by atoms with E-state index in [1.165, 1.54) is 0 Å². The van der Waals surface area contributed by atoms with Crippen molar-refractivity contribution in [3.8, 4) is 0 Å². The molecule has 0 bridgehead atoms. The molecule has 1 fully saturated rings. The van der Waals surface area contributed by atoms with E-state index in [4.69, 9.17) is 10.3 Å². The molecule has 2 aromatic heterocycles. The Morgan fingerprint density at radius 2 is 2.29 bits per heavy atom. The van der Waals surface area contributed by atoms with Crippen molar-refractivity contribution < 1.29 is 4.52 Å². The lowest BCUT2D eigenvalue weighted by Crippen LogP contribution is -2.43. The van der Waals surface area contributed by atoms with Gasteiger partial charge in [0, 0.05) is 11.1 Å². The van der Waals surface area contributed by atoms with Gasteiger partial charge in [-0.25, -0.2) is 4.98 Å². The number of nitrogens with zero attached hydrogens (tertiary/aromatic N) is 3. The van der Waals surface area contributed by atoms with Crippen LogP contribution in [0.1, 0.15) is 41.7 Å². The van der Waals surface area contributed by atoms with Gasteiger partial charge in [0.1, 0.15) is 5.01 Å². The Kier molecular flexibility index (Phi) is 2.48. The minimum absolute atomic E-state index is 0.371. The van der Waals surface area contributed by atoms with Crippen LogP contribution in [0.3, 0.4) is 0 Å². The summed E-state index contributed by atoms with van der Waals surface area (Å²) in [6, 6.07) is 0. The van der Waals surface area contributed by atoms with Crippen molar-refractivity contribution in [1.29, 1.82) is 0 Å². The van der Waals surface area contributed by atoms with Gasteiger partial charge < -0.3 is 10.3 Å². The average Bonchev–Trinajstić information content (AvgIpc) is 2.85. The molecule has 5 nitrogen and oxygen atoms in total. The molecule has 0 spiro atoms. The van der Waals surface area contributed by atoms with E-state index >= 15 is 0 Å². The number of hydrogen-bond donors (Lipinski definition) is 1.